The van der Waals surface area contributed by atoms with E-state index in [1.807, 2.05) is 0 Å². The van der Waals surface area contributed by atoms with E-state index >= 15 is 0 Å². The van der Waals surface area contributed by atoms with Crippen LogP contribution in [-0.2, 0) is 11.3 Å². The molecular formula is C13H13ClN4O2. The van der Waals surface area contributed by atoms with Crippen LogP contribution in [0.3, 0.4) is 0 Å². The molecule has 1 aromatic heterocycles. The molecule has 0 spiro atoms. The number of carbonyl (C=O) groups excluding carboxylic acids is 1. The minimum atomic E-state index is -0.393. The second kappa shape index (κ2) is 5.75. The monoisotopic (exact) mass is 292 g/mol. The molecule has 6 nitrogen and oxygen atoms in total. The average Bonchev–Trinajstić information content (AvgIpc) is 2.36. The molecule has 2 rings (SSSR count). The number of nitrogens with zero attached hydrogens (tertiary/aromatic N) is 2. The smallest absolute Gasteiger partial charge is 0.267 e. The molecule has 0 fully saturated rings. The van der Waals surface area contributed by atoms with E-state index in [1.54, 1.807) is 19.1 Å². The summed E-state index contributed by atoms with van der Waals surface area (Å²) in [6.07, 6.45) is 1.52. The molecule has 0 bridgehead atoms. The van der Waals surface area contributed by atoms with Crippen molar-refractivity contribution in [3.8, 4) is 0 Å². The molecule has 7 heteroatoms. The van der Waals surface area contributed by atoms with E-state index in [0.717, 1.165) is 10.2 Å². The number of halogens is 1. The van der Waals surface area contributed by atoms with Gasteiger partial charge in [-0.3, -0.25) is 9.59 Å². The van der Waals surface area contributed by atoms with Crippen molar-refractivity contribution in [3.05, 3.63) is 51.4 Å². The lowest BCUT2D eigenvalue weighted by atomic mass is 10.3. The largest absolute Gasteiger partial charge is 0.399 e. The number of benzene rings is 1. The number of nitrogen functional groups attached to an aromatic ring is 1. The number of hydrogen-bond acceptors (Lipinski definition) is 4. The fourth-order valence-corrected chi connectivity index (χ4v) is 1.84. The third kappa shape index (κ3) is 3.36. The fraction of sp³-hybridized carbons (Fsp3) is 0.154. The molecule has 0 aliphatic heterocycles. The highest BCUT2D eigenvalue weighted by Gasteiger charge is 2.08. The van der Waals surface area contributed by atoms with Crippen LogP contribution in [0.25, 0.3) is 0 Å². The third-order valence-electron chi connectivity index (χ3n) is 2.57. The van der Waals surface area contributed by atoms with E-state index < -0.39 is 5.91 Å². The van der Waals surface area contributed by atoms with Crippen LogP contribution < -0.4 is 16.6 Å². The number of anilines is 2. The highest BCUT2D eigenvalue weighted by atomic mass is 35.5. The van der Waals surface area contributed by atoms with Gasteiger partial charge in [-0.2, -0.15) is 5.10 Å². The zero-order valence-corrected chi connectivity index (χ0v) is 11.5. The van der Waals surface area contributed by atoms with Gasteiger partial charge in [0.15, 0.2) is 0 Å². The van der Waals surface area contributed by atoms with E-state index in [9.17, 15) is 9.59 Å². The van der Waals surface area contributed by atoms with Crippen LogP contribution in [0.5, 0.6) is 0 Å². The van der Waals surface area contributed by atoms with Gasteiger partial charge in [-0.25, -0.2) is 4.68 Å². The van der Waals surface area contributed by atoms with Gasteiger partial charge in [0.05, 0.1) is 16.9 Å². The lowest BCUT2D eigenvalue weighted by molar-refractivity contribution is -0.117. The van der Waals surface area contributed by atoms with Crippen LogP contribution in [-0.4, -0.2) is 15.7 Å². The van der Waals surface area contributed by atoms with Gasteiger partial charge in [0.1, 0.15) is 6.54 Å². The summed E-state index contributed by atoms with van der Waals surface area (Å²) < 4.78 is 1.08. The summed E-state index contributed by atoms with van der Waals surface area (Å²) in [5, 5.41) is 6.82. The Labute approximate surface area is 120 Å². The Morgan fingerprint density at radius 3 is 2.85 bits per heavy atom. The SMILES string of the molecule is Cc1cnn(CC(=O)Nc2ccc(N)cc2Cl)c(=O)c1. The minimum absolute atomic E-state index is 0.181. The van der Waals surface area contributed by atoms with Gasteiger partial charge < -0.3 is 11.1 Å². The number of rotatable bonds is 3. The van der Waals surface area contributed by atoms with Crippen molar-refractivity contribution in [2.24, 2.45) is 0 Å². The summed E-state index contributed by atoms with van der Waals surface area (Å²) in [6, 6.07) is 6.17. The first-order valence-electron chi connectivity index (χ1n) is 5.84. The van der Waals surface area contributed by atoms with Crippen LogP contribution in [0.4, 0.5) is 11.4 Å². The van der Waals surface area contributed by atoms with Crippen LogP contribution in [0, 0.1) is 6.92 Å². The number of carbonyl (C=O) groups is 1. The lowest BCUT2D eigenvalue weighted by Crippen LogP contribution is -2.29. The minimum Gasteiger partial charge on any atom is -0.399 e. The maximum Gasteiger partial charge on any atom is 0.267 e. The van der Waals surface area contributed by atoms with Crippen LogP contribution in [0.15, 0.2) is 35.3 Å². The first kappa shape index (κ1) is 14.1. The number of nitrogens with two attached hydrogens (primary N) is 1. The number of nitrogens with one attached hydrogen (secondary N) is 1. The van der Waals surface area contributed by atoms with Crippen molar-refractivity contribution in [1.29, 1.82) is 0 Å². The Hall–Kier alpha value is -2.34. The second-order valence-electron chi connectivity index (χ2n) is 4.32. The van der Waals surface area contributed by atoms with Gasteiger partial charge in [0.25, 0.3) is 5.56 Å². The molecule has 1 heterocycles. The molecular weight excluding hydrogens is 280 g/mol. The second-order valence-corrected chi connectivity index (χ2v) is 4.72. The Kier molecular flexibility index (Phi) is 4.05. The average molecular weight is 293 g/mol. The summed E-state index contributed by atoms with van der Waals surface area (Å²) in [4.78, 5) is 23.5. The van der Waals surface area contributed by atoms with E-state index in [0.29, 0.717) is 16.4 Å². The first-order chi connectivity index (χ1) is 9.45. The predicted octanol–water partition coefficient (Wildman–Crippen LogP) is 1.43. The molecule has 0 saturated carbocycles. The molecule has 1 amide bonds. The summed E-state index contributed by atoms with van der Waals surface area (Å²) in [6.45, 7) is 1.58. The Bertz CT molecular complexity index is 712. The van der Waals surface area contributed by atoms with Crippen LogP contribution in [0.2, 0.25) is 5.02 Å². The highest BCUT2D eigenvalue weighted by Crippen LogP contribution is 2.23. The van der Waals surface area contributed by atoms with E-state index in [-0.39, 0.29) is 12.1 Å². The Balaban J connectivity index is 2.11. The quantitative estimate of drug-likeness (QED) is 0.837. The maximum atomic E-state index is 11.9. The number of aromatic nitrogens is 2. The molecule has 104 valence electrons. The standard InChI is InChI=1S/C13H13ClN4O2/c1-8-4-13(20)18(16-6-8)7-12(19)17-11-3-2-9(15)5-10(11)14/h2-6H,7,15H2,1H3,(H,17,19). The molecule has 0 saturated heterocycles. The molecule has 0 aliphatic rings. The zero-order valence-electron chi connectivity index (χ0n) is 10.8. The van der Waals surface area contributed by atoms with Crippen LogP contribution in [0.1, 0.15) is 5.56 Å². The van der Waals surface area contributed by atoms with Crippen molar-refractivity contribution >= 4 is 28.9 Å². The van der Waals surface area contributed by atoms with E-state index in [1.165, 1.54) is 18.3 Å². The van der Waals surface area contributed by atoms with Crippen molar-refractivity contribution in [2.45, 2.75) is 13.5 Å². The lowest BCUT2D eigenvalue weighted by Gasteiger charge is -2.08. The topological polar surface area (TPSA) is 90.0 Å². The fourth-order valence-electron chi connectivity index (χ4n) is 1.60. The number of amides is 1. The molecule has 2 aromatic rings. The van der Waals surface area contributed by atoms with E-state index in [2.05, 4.69) is 10.4 Å². The van der Waals surface area contributed by atoms with Gasteiger partial charge in [-0.1, -0.05) is 11.6 Å². The molecule has 20 heavy (non-hydrogen) atoms. The van der Waals surface area contributed by atoms with Gasteiger partial charge in [-0.15, -0.1) is 0 Å². The molecule has 1 aromatic carbocycles. The van der Waals surface area contributed by atoms with Gasteiger partial charge in [-0.05, 0) is 30.7 Å². The third-order valence-corrected chi connectivity index (χ3v) is 2.88. The Morgan fingerprint density at radius 2 is 2.20 bits per heavy atom. The summed E-state index contributed by atoms with van der Waals surface area (Å²) in [7, 11) is 0. The molecule has 0 unspecified atom stereocenters. The normalized spacial score (nSPS) is 10.3. The number of aryl methyl sites for hydroxylation is 1. The first-order valence-corrected chi connectivity index (χ1v) is 6.22. The zero-order chi connectivity index (χ0) is 14.7. The van der Waals surface area contributed by atoms with Crippen molar-refractivity contribution in [3.63, 3.8) is 0 Å². The van der Waals surface area contributed by atoms with Gasteiger partial charge >= 0.3 is 0 Å². The van der Waals surface area contributed by atoms with Gasteiger partial charge in [0, 0.05) is 11.8 Å². The number of hydrogen-bond donors (Lipinski definition) is 2. The maximum absolute atomic E-state index is 11.9. The molecule has 0 radical (unpaired) electrons. The van der Waals surface area contributed by atoms with Crippen LogP contribution >= 0.6 is 11.6 Å². The van der Waals surface area contributed by atoms with Crippen molar-refractivity contribution in [1.82, 2.24) is 9.78 Å². The predicted molar refractivity (Wildman–Crippen MR) is 77.7 cm³/mol. The molecule has 0 aliphatic carbocycles. The summed E-state index contributed by atoms with van der Waals surface area (Å²) in [5.74, 6) is -0.393. The molecule has 3 N–H and O–H groups in total. The summed E-state index contributed by atoms with van der Waals surface area (Å²) in [5.41, 5.74) is 6.92. The summed E-state index contributed by atoms with van der Waals surface area (Å²) >= 11 is 5.95. The van der Waals surface area contributed by atoms with Crippen molar-refractivity contribution in [2.75, 3.05) is 11.1 Å². The Morgan fingerprint density at radius 1 is 1.45 bits per heavy atom. The highest BCUT2D eigenvalue weighted by molar-refractivity contribution is 6.34. The van der Waals surface area contributed by atoms with Crippen molar-refractivity contribution < 1.29 is 4.79 Å². The van der Waals surface area contributed by atoms with Gasteiger partial charge in [0.2, 0.25) is 5.91 Å². The molecule has 0 atom stereocenters. The van der Waals surface area contributed by atoms with E-state index in [4.69, 9.17) is 17.3 Å².